The van der Waals surface area contributed by atoms with Crippen LogP contribution in [0.15, 0.2) is 60.0 Å². The highest BCUT2D eigenvalue weighted by Crippen LogP contribution is 2.17. The molecule has 0 saturated carbocycles. The van der Waals surface area contributed by atoms with E-state index in [2.05, 4.69) is 27.3 Å². The summed E-state index contributed by atoms with van der Waals surface area (Å²) < 4.78 is 18.5. The number of aromatic nitrogens is 1. The molecule has 0 spiro atoms. The van der Waals surface area contributed by atoms with Gasteiger partial charge in [-0.1, -0.05) is 30.3 Å². The maximum Gasteiger partial charge on any atom is 0.271 e. The molecule has 29 heavy (non-hydrogen) atoms. The van der Waals surface area contributed by atoms with Gasteiger partial charge in [-0.05, 0) is 36.2 Å². The molecule has 1 saturated heterocycles. The number of likely N-dealkylation sites (tertiary alicyclic amines) is 1. The topological polar surface area (TPSA) is 54.5 Å². The molecule has 4 rings (SSSR count). The number of halogens is 1. The number of ether oxygens (including phenoxy) is 1. The van der Waals surface area contributed by atoms with Gasteiger partial charge in [-0.2, -0.15) is 0 Å². The number of carbonyl (C=O) groups excluding carboxylic acids is 1. The first-order valence-corrected chi connectivity index (χ1v) is 10.4. The van der Waals surface area contributed by atoms with Crippen LogP contribution >= 0.6 is 11.3 Å². The molecule has 3 aromatic rings. The molecule has 0 aliphatic carbocycles. The van der Waals surface area contributed by atoms with E-state index >= 15 is 0 Å². The molecular formula is C22H22FN3O2S. The summed E-state index contributed by atoms with van der Waals surface area (Å²) in [6, 6.07) is 16.3. The number of rotatable bonds is 7. The maximum absolute atomic E-state index is 12.9. The summed E-state index contributed by atoms with van der Waals surface area (Å²) in [6.07, 6.45) is 0.934. The molecule has 1 aromatic heterocycles. The van der Waals surface area contributed by atoms with E-state index in [0.717, 1.165) is 26.1 Å². The minimum Gasteiger partial charge on any atom is -0.486 e. The minimum absolute atomic E-state index is 0.131. The summed E-state index contributed by atoms with van der Waals surface area (Å²) >= 11 is 1.38. The third kappa shape index (κ3) is 5.40. The van der Waals surface area contributed by atoms with Gasteiger partial charge in [0, 0.05) is 31.1 Å². The molecule has 0 unspecified atom stereocenters. The summed E-state index contributed by atoms with van der Waals surface area (Å²) in [5.41, 5.74) is 1.69. The Balaban J connectivity index is 1.25. The highest BCUT2D eigenvalue weighted by Gasteiger charge is 2.25. The van der Waals surface area contributed by atoms with Crippen molar-refractivity contribution in [3.05, 3.63) is 82.1 Å². The first kappa shape index (κ1) is 19.5. The Labute approximate surface area is 173 Å². The lowest BCUT2D eigenvalue weighted by Gasteiger charge is -2.16. The Bertz CT molecular complexity index is 946. The van der Waals surface area contributed by atoms with Crippen LogP contribution in [-0.2, 0) is 13.2 Å². The largest absolute Gasteiger partial charge is 0.486 e. The minimum atomic E-state index is -0.306. The fourth-order valence-electron chi connectivity index (χ4n) is 3.35. The molecule has 1 aliphatic rings. The SMILES string of the molecule is O=C(N[C@H]1CCN(Cc2ccccc2)C1)c1csc(COc2ccc(F)cc2)n1. The lowest BCUT2D eigenvalue weighted by atomic mass is 10.2. The highest BCUT2D eigenvalue weighted by molar-refractivity contribution is 7.09. The van der Waals surface area contributed by atoms with Crippen molar-refractivity contribution in [3.8, 4) is 5.75 Å². The zero-order valence-corrected chi connectivity index (χ0v) is 16.7. The van der Waals surface area contributed by atoms with Crippen molar-refractivity contribution < 1.29 is 13.9 Å². The van der Waals surface area contributed by atoms with Crippen LogP contribution in [0.1, 0.15) is 27.5 Å². The molecule has 0 bridgehead atoms. The summed E-state index contributed by atoms with van der Waals surface area (Å²) in [5, 5.41) is 5.54. The van der Waals surface area contributed by atoms with Gasteiger partial charge >= 0.3 is 0 Å². The third-order valence-electron chi connectivity index (χ3n) is 4.82. The molecule has 1 atom stereocenters. The fourth-order valence-corrected chi connectivity index (χ4v) is 4.04. The van der Waals surface area contributed by atoms with Crippen LogP contribution in [0.5, 0.6) is 5.75 Å². The van der Waals surface area contributed by atoms with Crippen molar-refractivity contribution in [2.45, 2.75) is 25.6 Å². The van der Waals surface area contributed by atoms with E-state index in [9.17, 15) is 9.18 Å². The van der Waals surface area contributed by atoms with Gasteiger partial charge in [0.05, 0.1) is 0 Å². The van der Waals surface area contributed by atoms with Gasteiger partial charge in [-0.3, -0.25) is 9.69 Å². The number of benzene rings is 2. The standard InChI is InChI=1S/C22H22FN3O2S/c23-17-6-8-19(9-7-17)28-14-21-25-20(15-29-21)22(27)24-18-10-11-26(13-18)12-16-4-2-1-3-5-16/h1-9,15,18H,10-14H2,(H,24,27)/t18-/m0/s1. The van der Waals surface area contributed by atoms with Crippen LogP contribution in [0.2, 0.25) is 0 Å². The van der Waals surface area contributed by atoms with Gasteiger partial charge < -0.3 is 10.1 Å². The number of hydrogen-bond acceptors (Lipinski definition) is 5. The first-order valence-electron chi connectivity index (χ1n) is 9.55. The second-order valence-electron chi connectivity index (χ2n) is 7.05. The van der Waals surface area contributed by atoms with Crippen LogP contribution in [0.4, 0.5) is 4.39 Å². The van der Waals surface area contributed by atoms with Crippen molar-refractivity contribution in [1.82, 2.24) is 15.2 Å². The summed E-state index contributed by atoms with van der Waals surface area (Å²) in [4.78, 5) is 19.2. The summed E-state index contributed by atoms with van der Waals surface area (Å²) in [7, 11) is 0. The van der Waals surface area contributed by atoms with Gasteiger partial charge in [0.25, 0.3) is 5.91 Å². The van der Waals surface area contributed by atoms with Crippen LogP contribution < -0.4 is 10.1 Å². The second kappa shape index (κ2) is 9.15. The smallest absolute Gasteiger partial charge is 0.271 e. The number of carbonyl (C=O) groups is 1. The van der Waals surface area contributed by atoms with Crippen molar-refractivity contribution >= 4 is 17.2 Å². The average Bonchev–Trinajstić information content (AvgIpc) is 3.38. The predicted molar refractivity (Wildman–Crippen MR) is 110 cm³/mol. The number of thiazole rings is 1. The lowest BCUT2D eigenvalue weighted by molar-refractivity contribution is 0.0933. The van der Waals surface area contributed by atoms with E-state index in [1.165, 1.54) is 29.0 Å². The van der Waals surface area contributed by atoms with Crippen molar-refractivity contribution in [1.29, 1.82) is 0 Å². The zero-order chi connectivity index (χ0) is 20.1. The molecule has 2 heterocycles. The predicted octanol–water partition coefficient (Wildman–Crippen LogP) is 3.87. The number of amides is 1. The van der Waals surface area contributed by atoms with Gasteiger partial charge in [-0.25, -0.2) is 9.37 Å². The quantitative estimate of drug-likeness (QED) is 0.641. The van der Waals surface area contributed by atoms with Crippen LogP contribution in [0.3, 0.4) is 0 Å². The van der Waals surface area contributed by atoms with Crippen molar-refractivity contribution in [2.24, 2.45) is 0 Å². The molecule has 1 aliphatic heterocycles. The number of nitrogens with one attached hydrogen (secondary N) is 1. The van der Waals surface area contributed by atoms with E-state index in [4.69, 9.17) is 4.74 Å². The average molecular weight is 412 g/mol. The first-order chi connectivity index (χ1) is 14.2. The molecule has 2 aromatic carbocycles. The van der Waals surface area contributed by atoms with Crippen LogP contribution in [0.25, 0.3) is 0 Å². The molecule has 5 nitrogen and oxygen atoms in total. The maximum atomic E-state index is 12.9. The molecule has 7 heteroatoms. The van der Waals surface area contributed by atoms with Crippen LogP contribution in [0, 0.1) is 5.82 Å². The summed E-state index contributed by atoms with van der Waals surface area (Å²) in [6.45, 7) is 2.95. The molecule has 1 N–H and O–H groups in total. The van der Waals surface area contributed by atoms with Crippen molar-refractivity contribution in [2.75, 3.05) is 13.1 Å². The Morgan fingerprint density at radius 3 is 2.79 bits per heavy atom. The third-order valence-corrected chi connectivity index (χ3v) is 5.64. The Kier molecular flexibility index (Phi) is 6.17. The fraction of sp³-hybridized carbons (Fsp3) is 0.273. The van der Waals surface area contributed by atoms with Gasteiger partial charge in [0.15, 0.2) is 0 Å². The molecule has 150 valence electrons. The normalized spacial score (nSPS) is 16.7. The van der Waals surface area contributed by atoms with E-state index in [-0.39, 0.29) is 24.4 Å². The molecular weight excluding hydrogens is 389 g/mol. The molecule has 0 radical (unpaired) electrons. The van der Waals surface area contributed by atoms with E-state index in [1.54, 1.807) is 17.5 Å². The Morgan fingerprint density at radius 2 is 2.00 bits per heavy atom. The van der Waals surface area contributed by atoms with Crippen LogP contribution in [-0.4, -0.2) is 34.9 Å². The second-order valence-corrected chi connectivity index (χ2v) is 7.99. The molecule has 1 amide bonds. The number of hydrogen-bond donors (Lipinski definition) is 1. The van der Waals surface area contributed by atoms with Gasteiger partial charge in [0.1, 0.15) is 28.9 Å². The van der Waals surface area contributed by atoms with E-state index in [1.807, 2.05) is 18.2 Å². The summed E-state index contributed by atoms with van der Waals surface area (Å²) in [5.74, 6) is 0.109. The van der Waals surface area contributed by atoms with Gasteiger partial charge in [-0.15, -0.1) is 11.3 Å². The van der Waals surface area contributed by atoms with E-state index < -0.39 is 0 Å². The monoisotopic (exact) mass is 411 g/mol. The van der Waals surface area contributed by atoms with E-state index in [0.29, 0.717) is 16.5 Å². The van der Waals surface area contributed by atoms with Gasteiger partial charge in [0.2, 0.25) is 0 Å². The Morgan fingerprint density at radius 1 is 1.21 bits per heavy atom. The Hall–Kier alpha value is -2.77. The lowest BCUT2D eigenvalue weighted by Crippen LogP contribution is -2.37. The van der Waals surface area contributed by atoms with Crippen molar-refractivity contribution in [3.63, 3.8) is 0 Å². The highest BCUT2D eigenvalue weighted by atomic mass is 32.1. The zero-order valence-electron chi connectivity index (χ0n) is 15.9. The number of nitrogens with zero attached hydrogens (tertiary/aromatic N) is 2. The molecule has 1 fully saturated rings.